The largest absolute Gasteiger partial charge is 0.278 e. The summed E-state index contributed by atoms with van der Waals surface area (Å²) >= 11 is 1.84. The summed E-state index contributed by atoms with van der Waals surface area (Å²) in [6.45, 7) is 0. The van der Waals surface area contributed by atoms with E-state index >= 15 is 0 Å². The molecule has 0 fully saturated rings. The lowest BCUT2D eigenvalue weighted by atomic mass is 9.90. The second-order valence-electron chi connectivity index (χ2n) is 8.17. The molecule has 3 aromatic heterocycles. The van der Waals surface area contributed by atoms with Crippen LogP contribution in [-0.2, 0) is 12.8 Å². The third-order valence-corrected chi connectivity index (χ3v) is 7.47. The molecule has 0 atom stereocenters. The second kappa shape index (κ2) is 6.49. The molecule has 0 N–H and O–H groups in total. The molecule has 0 radical (unpaired) electrons. The highest BCUT2D eigenvalue weighted by Crippen LogP contribution is 2.43. The van der Waals surface area contributed by atoms with Crippen LogP contribution in [0.2, 0.25) is 0 Å². The standard InChI is InChI=1S/C27H16N4S/c28-15-16-4-6-17(7-5-16)21-10-12-29-27(30-21)31-22-3-1-2-18-8-9-20-25(24(18)22)23(31)14-19-11-13-32-26(19)20/h1-7,10-14H,8-9H2. The van der Waals surface area contributed by atoms with Crippen molar-refractivity contribution in [2.45, 2.75) is 12.8 Å². The van der Waals surface area contributed by atoms with Gasteiger partial charge >= 0.3 is 0 Å². The summed E-state index contributed by atoms with van der Waals surface area (Å²) in [7, 11) is 0. The van der Waals surface area contributed by atoms with Gasteiger partial charge in [0.2, 0.25) is 5.95 Å². The molecule has 6 aromatic rings. The molecule has 5 heteroatoms. The zero-order chi connectivity index (χ0) is 21.2. The summed E-state index contributed by atoms with van der Waals surface area (Å²) in [5.41, 5.74) is 7.65. The number of rotatable bonds is 2. The van der Waals surface area contributed by atoms with Crippen molar-refractivity contribution in [2.24, 2.45) is 0 Å². The number of benzene rings is 3. The van der Waals surface area contributed by atoms with E-state index in [2.05, 4.69) is 46.3 Å². The molecule has 150 valence electrons. The SMILES string of the molecule is N#Cc1ccc(-c2ccnc(-n3c4cccc5c4c4c(c6sccc6cc43)CC5)n2)cc1. The Morgan fingerprint density at radius 2 is 1.84 bits per heavy atom. The van der Waals surface area contributed by atoms with Gasteiger partial charge in [-0.1, -0.05) is 24.3 Å². The maximum Gasteiger partial charge on any atom is 0.235 e. The van der Waals surface area contributed by atoms with Crippen LogP contribution in [0.1, 0.15) is 16.7 Å². The Morgan fingerprint density at radius 3 is 2.72 bits per heavy atom. The summed E-state index contributed by atoms with van der Waals surface area (Å²) in [4.78, 5) is 9.65. The van der Waals surface area contributed by atoms with Gasteiger partial charge in [0.15, 0.2) is 0 Å². The van der Waals surface area contributed by atoms with Crippen molar-refractivity contribution in [3.63, 3.8) is 0 Å². The fourth-order valence-corrected chi connectivity index (χ4v) is 6.03. The molecule has 3 heterocycles. The highest BCUT2D eigenvalue weighted by Gasteiger charge is 2.24. The van der Waals surface area contributed by atoms with Crippen LogP contribution in [0.4, 0.5) is 0 Å². The van der Waals surface area contributed by atoms with Gasteiger partial charge in [-0.2, -0.15) is 5.26 Å². The molecule has 0 aliphatic heterocycles. The van der Waals surface area contributed by atoms with Crippen molar-refractivity contribution in [3.8, 4) is 23.3 Å². The zero-order valence-electron chi connectivity index (χ0n) is 17.0. The first-order valence-electron chi connectivity index (χ1n) is 10.6. The van der Waals surface area contributed by atoms with Gasteiger partial charge in [0.05, 0.1) is 28.4 Å². The maximum absolute atomic E-state index is 9.10. The van der Waals surface area contributed by atoms with E-state index in [9.17, 15) is 0 Å². The van der Waals surface area contributed by atoms with Gasteiger partial charge in [0.25, 0.3) is 0 Å². The molecule has 4 nitrogen and oxygen atoms in total. The van der Waals surface area contributed by atoms with Crippen molar-refractivity contribution in [1.29, 1.82) is 5.26 Å². The lowest BCUT2D eigenvalue weighted by Gasteiger charge is -2.13. The number of nitrogens with zero attached hydrogens (tertiary/aromatic N) is 4. The molecule has 32 heavy (non-hydrogen) atoms. The van der Waals surface area contributed by atoms with Crippen molar-refractivity contribution in [2.75, 3.05) is 0 Å². The fourth-order valence-electron chi connectivity index (χ4n) is 5.07. The predicted molar refractivity (Wildman–Crippen MR) is 129 cm³/mol. The molecule has 0 saturated carbocycles. The Morgan fingerprint density at radius 1 is 0.938 bits per heavy atom. The van der Waals surface area contributed by atoms with Crippen molar-refractivity contribution in [1.82, 2.24) is 14.5 Å². The van der Waals surface area contributed by atoms with Crippen LogP contribution < -0.4 is 0 Å². The van der Waals surface area contributed by atoms with Gasteiger partial charge in [0, 0.05) is 27.2 Å². The first-order chi connectivity index (χ1) is 15.8. The number of hydrogen-bond donors (Lipinski definition) is 0. The maximum atomic E-state index is 9.10. The molecule has 1 aliphatic carbocycles. The molecular formula is C27H16N4S. The van der Waals surface area contributed by atoms with E-state index in [1.54, 1.807) is 0 Å². The van der Waals surface area contributed by atoms with Crippen LogP contribution in [0.15, 0.2) is 72.2 Å². The molecule has 3 aromatic carbocycles. The molecule has 0 spiro atoms. The van der Waals surface area contributed by atoms with Crippen LogP contribution in [0.25, 0.3) is 49.1 Å². The van der Waals surface area contributed by atoms with Gasteiger partial charge in [-0.25, -0.2) is 9.97 Å². The van der Waals surface area contributed by atoms with Crippen LogP contribution in [0, 0.1) is 11.3 Å². The normalized spacial score (nSPS) is 12.7. The molecule has 7 rings (SSSR count). The number of aromatic nitrogens is 3. The van der Waals surface area contributed by atoms with Crippen molar-refractivity contribution in [3.05, 3.63) is 88.9 Å². The van der Waals surface area contributed by atoms with E-state index in [-0.39, 0.29) is 0 Å². The number of aryl methyl sites for hydroxylation is 2. The highest BCUT2D eigenvalue weighted by atomic mass is 32.1. The van der Waals surface area contributed by atoms with E-state index in [0.29, 0.717) is 11.5 Å². The van der Waals surface area contributed by atoms with Gasteiger partial charge in [-0.05, 0) is 71.1 Å². The molecular weight excluding hydrogens is 412 g/mol. The molecule has 0 amide bonds. The van der Waals surface area contributed by atoms with Crippen LogP contribution in [-0.4, -0.2) is 14.5 Å². The Labute approximate surface area is 188 Å². The van der Waals surface area contributed by atoms with E-state index in [1.165, 1.54) is 37.5 Å². The minimum atomic E-state index is 0.642. The van der Waals surface area contributed by atoms with E-state index in [0.717, 1.165) is 29.6 Å². The van der Waals surface area contributed by atoms with E-state index in [1.807, 2.05) is 47.9 Å². The predicted octanol–water partition coefficient (Wildman–Crippen LogP) is 6.43. The van der Waals surface area contributed by atoms with Crippen molar-refractivity contribution >= 4 is 43.2 Å². The summed E-state index contributed by atoms with van der Waals surface area (Å²) < 4.78 is 3.62. The Bertz CT molecular complexity index is 1730. The molecule has 0 bridgehead atoms. The zero-order valence-corrected chi connectivity index (χ0v) is 17.9. The van der Waals surface area contributed by atoms with Crippen LogP contribution in [0.5, 0.6) is 0 Å². The molecule has 1 aliphatic rings. The Kier molecular flexibility index (Phi) is 3.58. The number of hydrogen-bond acceptors (Lipinski definition) is 4. The minimum absolute atomic E-state index is 0.642. The van der Waals surface area contributed by atoms with Crippen molar-refractivity contribution < 1.29 is 0 Å². The van der Waals surface area contributed by atoms with Gasteiger partial charge in [-0.15, -0.1) is 11.3 Å². The van der Waals surface area contributed by atoms with Gasteiger partial charge in [-0.3, -0.25) is 4.57 Å². The van der Waals surface area contributed by atoms with Crippen LogP contribution in [0.3, 0.4) is 0 Å². The molecule has 0 saturated heterocycles. The fraction of sp³-hybridized carbons (Fsp3) is 0.0741. The third kappa shape index (κ3) is 2.36. The number of thiophene rings is 1. The first-order valence-corrected chi connectivity index (χ1v) is 11.5. The van der Waals surface area contributed by atoms with Crippen LogP contribution >= 0.6 is 11.3 Å². The number of fused-ring (bicyclic) bond motifs is 2. The summed E-state index contributed by atoms with van der Waals surface area (Å²) in [5, 5.41) is 15.3. The molecule has 0 unspecified atom stereocenters. The summed E-state index contributed by atoms with van der Waals surface area (Å²) in [6.07, 6.45) is 3.95. The number of nitriles is 1. The third-order valence-electron chi connectivity index (χ3n) is 6.48. The monoisotopic (exact) mass is 428 g/mol. The van der Waals surface area contributed by atoms with E-state index < -0.39 is 0 Å². The Balaban J connectivity index is 1.55. The smallest absolute Gasteiger partial charge is 0.235 e. The average molecular weight is 429 g/mol. The first kappa shape index (κ1) is 17.6. The Hall–Kier alpha value is -4.01. The quantitative estimate of drug-likeness (QED) is 0.319. The topological polar surface area (TPSA) is 54.5 Å². The lowest BCUT2D eigenvalue weighted by Crippen LogP contribution is -2.01. The highest BCUT2D eigenvalue weighted by molar-refractivity contribution is 7.17. The van der Waals surface area contributed by atoms with Gasteiger partial charge in [0.1, 0.15) is 0 Å². The summed E-state index contributed by atoms with van der Waals surface area (Å²) in [5.74, 6) is 0.673. The minimum Gasteiger partial charge on any atom is -0.278 e. The second-order valence-corrected chi connectivity index (χ2v) is 9.08. The van der Waals surface area contributed by atoms with Gasteiger partial charge < -0.3 is 0 Å². The summed E-state index contributed by atoms with van der Waals surface area (Å²) in [6, 6.07) is 22.7. The van der Waals surface area contributed by atoms with E-state index in [4.69, 9.17) is 15.2 Å². The lowest BCUT2D eigenvalue weighted by molar-refractivity contribution is 0.979. The average Bonchev–Trinajstić information content (AvgIpc) is 3.46.